The summed E-state index contributed by atoms with van der Waals surface area (Å²) in [4.78, 5) is 14.9. The Morgan fingerprint density at radius 3 is 2.93 bits per heavy atom. The second-order valence-corrected chi connectivity index (χ2v) is 7.24. The monoisotopic (exact) mass is 406 g/mol. The predicted octanol–water partition coefficient (Wildman–Crippen LogP) is 2.42. The van der Waals surface area contributed by atoms with E-state index in [2.05, 4.69) is 11.9 Å². The van der Waals surface area contributed by atoms with Crippen LogP contribution in [0.1, 0.15) is 24.9 Å². The standard InChI is InChI=1S/C20H26N2O5S/c1-5-11-26-18(23)15-16-13-8-6-9-14(25-4)17(13)27-20(15,2)22(19(28)21-16)10-7-12-24-3/h5-6,8-9,15-16H,1,7,10-12H2,2-4H3,(H,21,28)/t15-,16+,20+/m1/s1. The van der Waals surface area contributed by atoms with Crippen molar-refractivity contribution >= 4 is 23.3 Å². The second kappa shape index (κ2) is 8.36. The van der Waals surface area contributed by atoms with Gasteiger partial charge in [-0.25, -0.2) is 0 Å². The first-order valence-corrected chi connectivity index (χ1v) is 9.59. The Kier molecular flexibility index (Phi) is 6.10. The zero-order valence-corrected chi connectivity index (χ0v) is 17.2. The van der Waals surface area contributed by atoms with Crippen LogP contribution < -0.4 is 14.8 Å². The number of nitrogens with one attached hydrogen (secondary N) is 1. The number of thiocarbonyl (C=S) groups is 1. The normalized spacial score (nSPS) is 25.2. The van der Waals surface area contributed by atoms with Gasteiger partial charge in [0.25, 0.3) is 0 Å². The van der Waals surface area contributed by atoms with E-state index < -0.39 is 11.6 Å². The fraction of sp³-hybridized carbons (Fsp3) is 0.500. The van der Waals surface area contributed by atoms with Gasteiger partial charge >= 0.3 is 5.97 Å². The van der Waals surface area contributed by atoms with Crippen LogP contribution in [-0.4, -0.2) is 55.7 Å². The molecule has 0 aliphatic carbocycles. The van der Waals surface area contributed by atoms with Gasteiger partial charge in [-0.3, -0.25) is 4.79 Å². The first kappa shape index (κ1) is 20.4. The van der Waals surface area contributed by atoms with Gasteiger partial charge in [-0.2, -0.15) is 0 Å². The predicted molar refractivity (Wildman–Crippen MR) is 108 cm³/mol. The molecule has 2 aliphatic rings. The van der Waals surface area contributed by atoms with E-state index in [9.17, 15) is 4.79 Å². The third-order valence-corrected chi connectivity index (χ3v) is 5.51. The summed E-state index contributed by atoms with van der Waals surface area (Å²) in [5.74, 6) is 0.226. The summed E-state index contributed by atoms with van der Waals surface area (Å²) >= 11 is 5.61. The molecule has 152 valence electrons. The summed E-state index contributed by atoms with van der Waals surface area (Å²) in [6.45, 7) is 6.77. The van der Waals surface area contributed by atoms with Crippen LogP contribution in [-0.2, 0) is 14.3 Å². The summed E-state index contributed by atoms with van der Waals surface area (Å²) in [6.07, 6.45) is 2.28. The van der Waals surface area contributed by atoms with Crippen molar-refractivity contribution in [2.24, 2.45) is 5.92 Å². The van der Waals surface area contributed by atoms with Gasteiger partial charge in [0.15, 0.2) is 22.3 Å². The van der Waals surface area contributed by atoms with Crippen molar-refractivity contribution in [3.05, 3.63) is 36.4 Å². The van der Waals surface area contributed by atoms with E-state index in [1.54, 1.807) is 20.3 Å². The van der Waals surface area contributed by atoms with Crippen molar-refractivity contribution in [2.45, 2.75) is 25.1 Å². The van der Waals surface area contributed by atoms with Gasteiger partial charge in [-0.1, -0.05) is 24.8 Å². The summed E-state index contributed by atoms with van der Waals surface area (Å²) in [7, 11) is 3.24. The fourth-order valence-electron chi connectivity index (χ4n) is 3.88. The van der Waals surface area contributed by atoms with Gasteiger partial charge in [0, 0.05) is 25.8 Å². The molecule has 3 rings (SSSR count). The van der Waals surface area contributed by atoms with Gasteiger partial charge < -0.3 is 29.2 Å². The maximum Gasteiger partial charge on any atom is 0.317 e. The number of methoxy groups -OCH3 is 2. The minimum Gasteiger partial charge on any atom is -0.493 e. The van der Waals surface area contributed by atoms with Crippen molar-refractivity contribution < 1.29 is 23.7 Å². The number of nitrogens with zero attached hydrogens (tertiary/aromatic N) is 1. The van der Waals surface area contributed by atoms with Gasteiger partial charge in [0.2, 0.25) is 0 Å². The van der Waals surface area contributed by atoms with Gasteiger partial charge in [0.1, 0.15) is 12.5 Å². The number of benzene rings is 1. The number of fused-ring (bicyclic) bond motifs is 4. The number of hydrogen-bond donors (Lipinski definition) is 1. The number of carbonyl (C=O) groups is 1. The average molecular weight is 407 g/mol. The van der Waals surface area contributed by atoms with E-state index in [4.69, 9.17) is 31.2 Å². The lowest BCUT2D eigenvalue weighted by molar-refractivity contribution is -0.175. The number of hydrogen-bond acceptors (Lipinski definition) is 6. The highest BCUT2D eigenvalue weighted by Crippen LogP contribution is 2.51. The molecule has 2 heterocycles. The molecule has 0 radical (unpaired) electrons. The van der Waals surface area contributed by atoms with Crippen LogP contribution in [0.5, 0.6) is 11.5 Å². The molecule has 2 bridgehead atoms. The molecule has 3 atom stereocenters. The molecule has 0 unspecified atom stereocenters. The molecule has 0 spiro atoms. The Morgan fingerprint density at radius 1 is 1.46 bits per heavy atom. The lowest BCUT2D eigenvalue weighted by Crippen LogP contribution is -2.71. The third-order valence-electron chi connectivity index (χ3n) is 5.17. The molecular formula is C20H26N2O5S. The Hall–Kier alpha value is -2.32. The molecule has 1 saturated heterocycles. The molecule has 1 N–H and O–H groups in total. The SMILES string of the molecule is C=CCOC(=O)[C@H]1[C@H]2NC(=S)N(CCCOC)[C@@]1(C)Oc1c(OC)cccc12. The maximum atomic E-state index is 13.0. The summed E-state index contributed by atoms with van der Waals surface area (Å²) in [6, 6.07) is 5.23. The summed E-state index contributed by atoms with van der Waals surface area (Å²) in [5, 5.41) is 3.85. The zero-order chi connectivity index (χ0) is 20.3. The van der Waals surface area contributed by atoms with E-state index in [1.807, 2.05) is 30.0 Å². The Balaban J connectivity index is 2.06. The number of para-hydroxylation sites is 1. The van der Waals surface area contributed by atoms with Crippen LogP contribution in [0.4, 0.5) is 0 Å². The first-order valence-electron chi connectivity index (χ1n) is 9.18. The maximum absolute atomic E-state index is 13.0. The molecular weight excluding hydrogens is 380 g/mol. The van der Waals surface area contributed by atoms with E-state index in [0.717, 1.165) is 12.0 Å². The van der Waals surface area contributed by atoms with Gasteiger partial charge in [-0.05, 0) is 31.6 Å². The second-order valence-electron chi connectivity index (χ2n) is 6.86. The molecule has 8 heteroatoms. The Morgan fingerprint density at radius 2 is 2.25 bits per heavy atom. The highest BCUT2D eigenvalue weighted by Gasteiger charge is 2.59. The lowest BCUT2D eigenvalue weighted by atomic mass is 9.79. The van der Waals surface area contributed by atoms with E-state index in [-0.39, 0.29) is 18.6 Å². The van der Waals surface area contributed by atoms with Crippen LogP contribution in [0.3, 0.4) is 0 Å². The average Bonchev–Trinajstić information content (AvgIpc) is 2.68. The van der Waals surface area contributed by atoms with Gasteiger partial charge in [0.05, 0.1) is 13.2 Å². The molecule has 2 aliphatic heterocycles. The largest absolute Gasteiger partial charge is 0.493 e. The summed E-state index contributed by atoms with van der Waals surface area (Å²) < 4.78 is 22.5. The highest BCUT2D eigenvalue weighted by atomic mass is 32.1. The van der Waals surface area contributed by atoms with E-state index in [0.29, 0.717) is 29.8 Å². The van der Waals surface area contributed by atoms with Crippen molar-refractivity contribution in [1.82, 2.24) is 10.2 Å². The van der Waals surface area contributed by atoms with E-state index >= 15 is 0 Å². The van der Waals surface area contributed by atoms with Crippen molar-refractivity contribution in [3.63, 3.8) is 0 Å². The minimum absolute atomic E-state index is 0.136. The fourth-order valence-corrected chi connectivity index (χ4v) is 4.28. The Bertz CT molecular complexity index is 771. The number of esters is 1. The van der Waals surface area contributed by atoms with E-state index in [1.165, 1.54) is 0 Å². The van der Waals surface area contributed by atoms with Crippen molar-refractivity contribution in [2.75, 3.05) is 34.0 Å². The smallest absolute Gasteiger partial charge is 0.317 e. The van der Waals surface area contributed by atoms with Crippen LogP contribution in [0.15, 0.2) is 30.9 Å². The van der Waals surface area contributed by atoms with Crippen molar-refractivity contribution in [3.8, 4) is 11.5 Å². The quantitative estimate of drug-likeness (QED) is 0.306. The molecule has 28 heavy (non-hydrogen) atoms. The van der Waals surface area contributed by atoms with Crippen LogP contribution >= 0.6 is 12.2 Å². The molecule has 1 aromatic rings. The minimum atomic E-state index is -1.03. The number of rotatable bonds is 8. The third kappa shape index (κ3) is 3.42. The molecule has 7 nitrogen and oxygen atoms in total. The lowest BCUT2D eigenvalue weighted by Gasteiger charge is -2.55. The van der Waals surface area contributed by atoms with Crippen LogP contribution in [0.25, 0.3) is 0 Å². The molecule has 1 aromatic carbocycles. The number of ether oxygens (including phenoxy) is 4. The van der Waals surface area contributed by atoms with Crippen LogP contribution in [0.2, 0.25) is 0 Å². The van der Waals surface area contributed by atoms with Crippen LogP contribution in [0, 0.1) is 5.92 Å². The van der Waals surface area contributed by atoms with Crippen molar-refractivity contribution in [1.29, 1.82) is 0 Å². The first-order chi connectivity index (χ1) is 13.5. The Labute approximate surface area is 170 Å². The molecule has 0 saturated carbocycles. The number of carbonyl (C=O) groups excluding carboxylic acids is 1. The van der Waals surface area contributed by atoms with Gasteiger partial charge in [-0.15, -0.1) is 0 Å². The molecule has 0 amide bonds. The molecule has 1 fully saturated rings. The molecule has 0 aromatic heterocycles. The highest BCUT2D eigenvalue weighted by molar-refractivity contribution is 7.80. The summed E-state index contributed by atoms with van der Waals surface area (Å²) in [5.41, 5.74) is -0.211. The topological polar surface area (TPSA) is 69.3 Å². The zero-order valence-electron chi connectivity index (χ0n) is 16.4.